The fourth-order valence-corrected chi connectivity index (χ4v) is 1.28. The lowest BCUT2D eigenvalue weighted by atomic mass is 10.1. The van der Waals surface area contributed by atoms with Crippen LogP contribution in [0.3, 0.4) is 0 Å². The molecule has 4 N–H and O–H groups in total. The summed E-state index contributed by atoms with van der Waals surface area (Å²) in [4.78, 5) is 10.7. The summed E-state index contributed by atoms with van der Waals surface area (Å²) >= 11 is 0. The van der Waals surface area contributed by atoms with E-state index in [2.05, 4.69) is 0 Å². The van der Waals surface area contributed by atoms with Crippen LogP contribution in [0.2, 0.25) is 0 Å². The molecule has 0 aliphatic carbocycles. The third-order valence-corrected chi connectivity index (χ3v) is 2.13. The second-order valence-electron chi connectivity index (χ2n) is 3.08. The van der Waals surface area contributed by atoms with Crippen molar-refractivity contribution in [3.63, 3.8) is 0 Å². The highest BCUT2D eigenvalue weighted by atomic mass is 16.5. The molecule has 0 spiro atoms. The van der Waals surface area contributed by atoms with E-state index in [1.165, 1.54) is 26.4 Å². The molecule has 0 saturated heterocycles. The Labute approximate surface area is 92.2 Å². The van der Waals surface area contributed by atoms with Crippen LogP contribution in [0.1, 0.15) is 11.6 Å². The lowest BCUT2D eigenvalue weighted by molar-refractivity contribution is -0.138. The van der Waals surface area contributed by atoms with Crippen molar-refractivity contribution in [1.29, 1.82) is 0 Å². The van der Waals surface area contributed by atoms with Gasteiger partial charge in [-0.25, -0.2) is 0 Å². The first kappa shape index (κ1) is 12.1. The van der Waals surface area contributed by atoms with Crippen molar-refractivity contribution >= 4 is 5.97 Å². The van der Waals surface area contributed by atoms with Crippen LogP contribution in [0.15, 0.2) is 12.1 Å². The topological polar surface area (TPSA) is 102 Å². The molecule has 16 heavy (non-hydrogen) atoms. The summed E-state index contributed by atoms with van der Waals surface area (Å²) in [6.07, 6.45) is 0. The molecule has 0 saturated carbocycles. The Hall–Kier alpha value is -1.95. The first-order valence-electron chi connectivity index (χ1n) is 4.44. The summed E-state index contributed by atoms with van der Waals surface area (Å²) < 4.78 is 9.84. The highest BCUT2D eigenvalue weighted by Crippen LogP contribution is 2.36. The lowest BCUT2D eigenvalue weighted by Crippen LogP contribution is -2.21. The average Bonchev–Trinajstić information content (AvgIpc) is 2.27. The van der Waals surface area contributed by atoms with Crippen molar-refractivity contribution < 1.29 is 24.5 Å². The summed E-state index contributed by atoms with van der Waals surface area (Å²) in [7, 11) is 2.76. The maximum atomic E-state index is 10.7. The predicted molar refractivity (Wildman–Crippen MR) is 55.8 cm³/mol. The number of methoxy groups -OCH3 is 2. The standard InChI is InChI=1S/C10H13NO5/c1-15-7-4-8(16-2)6(12)3-5(7)9(11)10(13)14/h3-4,9,12H,11H2,1-2H3,(H,13,14). The molecule has 0 bridgehead atoms. The van der Waals surface area contributed by atoms with Gasteiger partial charge in [0.25, 0.3) is 0 Å². The van der Waals surface area contributed by atoms with E-state index in [9.17, 15) is 9.90 Å². The van der Waals surface area contributed by atoms with E-state index in [4.69, 9.17) is 20.3 Å². The Balaban J connectivity index is 3.28. The van der Waals surface area contributed by atoms with Crippen LogP contribution >= 0.6 is 0 Å². The van der Waals surface area contributed by atoms with E-state index in [1.807, 2.05) is 0 Å². The highest BCUT2D eigenvalue weighted by molar-refractivity contribution is 5.77. The molecule has 1 aromatic carbocycles. The van der Waals surface area contributed by atoms with Gasteiger partial charge in [-0.15, -0.1) is 0 Å². The lowest BCUT2D eigenvalue weighted by Gasteiger charge is -2.14. The Morgan fingerprint density at radius 3 is 2.31 bits per heavy atom. The largest absolute Gasteiger partial charge is 0.504 e. The molecule has 0 aliphatic heterocycles. The van der Waals surface area contributed by atoms with Crippen molar-refractivity contribution in [1.82, 2.24) is 0 Å². The molecule has 6 nitrogen and oxygen atoms in total. The molecular weight excluding hydrogens is 214 g/mol. The van der Waals surface area contributed by atoms with E-state index < -0.39 is 12.0 Å². The molecular formula is C10H13NO5. The van der Waals surface area contributed by atoms with Gasteiger partial charge in [-0.2, -0.15) is 0 Å². The zero-order valence-electron chi connectivity index (χ0n) is 8.93. The number of carbonyl (C=O) groups is 1. The van der Waals surface area contributed by atoms with Crippen LogP contribution in [0, 0.1) is 0 Å². The quantitative estimate of drug-likeness (QED) is 0.692. The molecule has 0 radical (unpaired) electrons. The molecule has 1 atom stereocenters. The maximum Gasteiger partial charge on any atom is 0.325 e. The second-order valence-corrected chi connectivity index (χ2v) is 3.08. The van der Waals surface area contributed by atoms with Crippen LogP contribution in [0.25, 0.3) is 0 Å². The molecule has 0 aliphatic rings. The number of phenolic OH excluding ortho intramolecular Hbond substituents is 1. The molecule has 0 fully saturated rings. The number of carboxylic acids is 1. The van der Waals surface area contributed by atoms with Gasteiger partial charge in [0.05, 0.1) is 14.2 Å². The van der Waals surface area contributed by atoms with Crippen LogP contribution in [0.5, 0.6) is 17.2 Å². The van der Waals surface area contributed by atoms with Crippen molar-refractivity contribution in [2.24, 2.45) is 5.73 Å². The van der Waals surface area contributed by atoms with Gasteiger partial charge in [0, 0.05) is 11.6 Å². The fourth-order valence-electron chi connectivity index (χ4n) is 1.28. The Morgan fingerprint density at radius 2 is 1.88 bits per heavy atom. The summed E-state index contributed by atoms with van der Waals surface area (Å²) in [5.74, 6) is -0.944. The van der Waals surface area contributed by atoms with Crippen molar-refractivity contribution in [3.05, 3.63) is 17.7 Å². The Kier molecular flexibility index (Phi) is 3.57. The highest BCUT2D eigenvalue weighted by Gasteiger charge is 2.21. The molecule has 0 aromatic heterocycles. The first-order valence-corrected chi connectivity index (χ1v) is 4.44. The van der Waals surface area contributed by atoms with Crippen LogP contribution < -0.4 is 15.2 Å². The predicted octanol–water partition coefficient (Wildman–Crippen LogP) is 0.494. The summed E-state index contributed by atoms with van der Waals surface area (Å²) in [6, 6.07) is 1.34. The smallest absolute Gasteiger partial charge is 0.325 e. The minimum atomic E-state index is -1.26. The van der Waals surface area contributed by atoms with E-state index in [-0.39, 0.29) is 22.8 Å². The van der Waals surface area contributed by atoms with Gasteiger partial charge >= 0.3 is 5.97 Å². The number of nitrogens with two attached hydrogens (primary N) is 1. The van der Waals surface area contributed by atoms with Gasteiger partial charge in [0.1, 0.15) is 11.8 Å². The van der Waals surface area contributed by atoms with Crippen molar-refractivity contribution in [2.45, 2.75) is 6.04 Å². The number of aromatic hydroxyl groups is 1. The molecule has 1 rings (SSSR count). The number of hydrogen-bond acceptors (Lipinski definition) is 5. The van der Waals surface area contributed by atoms with Gasteiger partial charge < -0.3 is 25.4 Å². The molecule has 1 unspecified atom stereocenters. The van der Waals surface area contributed by atoms with Gasteiger partial charge in [0.2, 0.25) is 0 Å². The monoisotopic (exact) mass is 227 g/mol. The maximum absolute atomic E-state index is 10.7. The number of carboxylic acid groups (broad SMARTS) is 1. The first-order chi connectivity index (χ1) is 7.51. The third kappa shape index (κ3) is 2.17. The van der Waals surface area contributed by atoms with Gasteiger partial charge in [-0.05, 0) is 6.07 Å². The summed E-state index contributed by atoms with van der Waals surface area (Å²) in [6.45, 7) is 0. The van der Waals surface area contributed by atoms with E-state index in [0.29, 0.717) is 0 Å². The number of ether oxygens (including phenoxy) is 2. The van der Waals surface area contributed by atoms with Gasteiger partial charge in [-0.3, -0.25) is 4.79 Å². The molecule has 1 aromatic rings. The fraction of sp³-hybridized carbons (Fsp3) is 0.300. The van der Waals surface area contributed by atoms with Crippen LogP contribution in [-0.2, 0) is 4.79 Å². The van der Waals surface area contributed by atoms with E-state index in [0.717, 1.165) is 0 Å². The number of benzene rings is 1. The van der Waals surface area contributed by atoms with Crippen molar-refractivity contribution in [2.75, 3.05) is 14.2 Å². The van der Waals surface area contributed by atoms with Crippen LogP contribution in [-0.4, -0.2) is 30.4 Å². The zero-order chi connectivity index (χ0) is 12.3. The minimum Gasteiger partial charge on any atom is -0.504 e. The normalized spacial score (nSPS) is 11.9. The Morgan fingerprint density at radius 1 is 1.31 bits per heavy atom. The van der Waals surface area contributed by atoms with Gasteiger partial charge in [0.15, 0.2) is 11.5 Å². The number of rotatable bonds is 4. The number of hydrogen-bond donors (Lipinski definition) is 3. The van der Waals surface area contributed by atoms with Crippen molar-refractivity contribution in [3.8, 4) is 17.2 Å². The third-order valence-electron chi connectivity index (χ3n) is 2.13. The number of aliphatic carboxylic acids is 1. The minimum absolute atomic E-state index is 0.185. The Bertz CT molecular complexity index is 404. The van der Waals surface area contributed by atoms with Crippen LogP contribution in [0.4, 0.5) is 0 Å². The van der Waals surface area contributed by atoms with Gasteiger partial charge in [-0.1, -0.05) is 0 Å². The second kappa shape index (κ2) is 4.71. The molecule has 0 amide bonds. The van der Waals surface area contributed by atoms with E-state index in [1.54, 1.807) is 0 Å². The SMILES string of the molecule is COc1cc(OC)c(C(N)C(=O)O)cc1O. The molecule has 6 heteroatoms. The summed E-state index contributed by atoms with van der Waals surface area (Å²) in [5.41, 5.74) is 5.63. The molecule has 0 heterocycles. The molecule has 88 valence electrons. The zero-order valence-corrected chi connectivity index (χ0v) is 8.93. The number of phenols is 1. The summed E-state index contributed by atoms with van der Waals surface area (Å²) in [5, 5.41) is 18.3. The van der Waals surface area contributed by atoms with E-state index >= 15 is 0 Å². The average molecular weight is 227 g/mol.